The summed E-state index contributed by atoms with van der Waals surface area (Å²) in [5.74, 6) is -0.888. The van der Waals surface area contributed by atoms with E-state index in [9.17, 15) is 4.79 Å². The van der Waals surface area contributed by atoms with E-state index in [0.29, 0.717) is 12.0 Å². The van der Waals surface area contributed by atoms with Crippen LogP contribution in [0.4, 0.5) is 0 Å². The van der Waals surface area contributed by atoms with E-state index in [-0.39, 0.29) is 6.61 Å². The molecule has 1 aromatic carbocycles. The van der Waals surface area contributed by atoms with E-state index in [0.717, 1.165) is 23.1 Å². The smallest absolute Gasteiger partial charge is 0.335 e. The van der Waals surface area contributed by atoms with Gasteiger partial charge in [-0.05, 0) is 49.4 Å². The van der Waals surface area contributed by atoms with Crippen molar-refractivity contribution in [2.24, 2.45) is 0 Å². The van der Waals surface area contributed by atoms with Crippen molar-refractivity contribution >= 4 is 5.97 Å². The molecule has 0 fully saturated rings. The van der Waals surface area contributed by atoms with Gasteiger partial charge in [-0.25, -0.2) is 4.79 Å². The number of carbonyl (C=O) groups is 1. The molecule has 0 aliphatic rings. The van der Waals surface area contributed by atoms with Crippen molar-refractivity contribution in [1.29, 1.82) is 0 Å². The van der Waals surface area contributed by atoms with Crippen LogP contribution < -0.4 is 0 Å². The van der Waals surface area contributed by atoms with Gasteiger partial charge in [0.2, 0.25) is 0 Å². The van der Waals surface area contributed by atoms with E-state index in [2.05, 4.69) is 0 Å². The molecule has 0 unspecified atom stereocenters. The second kappa shape index (κ2) is 4.94. The Kier molecular flexibility index (Phi) is 3.86. The van der Waals surface area contributed by atoms with Crippen LogP contribution in [-0.4, -0.2) is 22.8 Å². The molecule has 1 rings (SSSR count). The van der Waals surface area contributed by atoms with E-state index >= 15 is 0 Å². The Hall–Kier alpha value is -1.35. The predicted molar refractivity (Wildman–Crippen MR) is 58.3 cm³/mol. The lowest BCUT2D eigenvalue weighted by Gasteiger charge is -2.08. The van der Waals surface area contributed by atoms with Gasteiger partial charge in [0, 0.05) is 6.61 Å². The molecule has 1 aromatic rings. The summed E-state index contributed by atoms with van der Waals surface area (Å²) in [5, 5.41) is 17.7. The molecular formula is C12H16O3. The average molecular weight is 208 g/mol. The summed E-state index contributed by atoms with van der Waals surface area (Å²) < 4.78 is 0. The fraction of sp³-hybridized carbons (Fsp3) is 0.417. The number of benzene rings is 1. The molecule has 0 spiro atoms. The number of carboxylic acid groups (broad SMARTS) is 1. The molecule has 0 amide bonds. The zero-order valence-electron chi connectivity index (χ0n) is 9.08. The summed E-state index contributed by atoms with van der Waals surface area (Å²) in [4.78, 5) is 11.0. The van der Waals surface area contributed by atoms with Crippen molar-refractivity contribution in [1.82, 2.24) is 0 Å². The van der Waals surface area contributed by atoms with Crippen molar-refractivity contribution in [2.75, 3.05) is 6.61 Å². The number of rotatable bonds is 4. The van der Waals surface area contributed by atoms with Crippen molar-refractivity contribution in [3.8, 4) is 0 Å². The zero-order valence-corrected chi connectivity index (χ0v) is 9.08. The van der Waals surface area contributed by atoms with Crippen molar-refractivity contribution in [3.63, 3.8) is 0 Å². The molecule has 0 aromatic heterocycles. The maximum absolute atomic E-state index is 11.0. The SMILES string of the molecule is Cc1cc(CCCO)cc(C(=O)O)c1C. The maximum Gasteiger partial charge on any atom is 0.335 e. The molecule has 3 heteroatoms. The normalized spacial score (nSPS) is 10.3. The lowest BCUT2D eigenvalue weighted by atomic mass is 9.97. The summed E-state index contributed by atoms with van der Waals surface area (Å²) in [6.07, 6.45) is 1.39. The minimum Gasteiger partial charge on any atom is -0.478 e. The van der Waals surface area contributed by atoms with Crippen LogP contribution in [0.5, 0.6) is 0 Å². The predicted octanol–water partition coefficient (Wildman–Crippen LogP) is 1.93. The standard InChI is InChI=1S/C12H16O3/c1-8-6-10(4-3-5-13)7-11(9(8)2)12(14)15/h6-7,13H,3-5H2,1-2H3,(H,14,15). The summed E-state index contributed by atoms with van der Waals surface area (Å²) in [6, 6.07) is 3.68. The van der Waals surface area contributed by atoms with Gasteiger partial charge in [0.25, 0.3) is 0 Å². The van der Waals surface area contributed by atoms with Crippen LogP contribution in [0.15, 0.2) is 12.1 Å². The van der Waals surface area contributed by atoms with Gasteiger partial charge in [-0.2, -0.15) is 0 Å². The van der Waals surface area contributed by atoms with Gasteiger partial charge in [-0.1, -0.05) is 6.07 Å². The summed E-state index contributed by atoms with van der Waals surface area (Å²) >= 11 is 0. The van der Waals surface area contributed by atoms with Gasteiger partial charge in [-0.15, -0.1) is 0 Å². The van der Waals surface area contributed by atoms with Gasteiger partial charge in [0.1, 0.15) is 0 Å². The first-order valence-electron chi connectivity index (χ1n) is 5.00. The third kappa shape index (κ3) is 2.80. The first kappa shape index (κ1) is 11.7. The van der Waals surface area contributed by atoms with Crippen molar-refractivity contribution < 1.29 is 15.0 Å². The van der Waals surface area contributed by atoms with Gasteiger partial charge in [-0.3, -0.25) is 0 Å². The Bertz CT molecular complexity index is 369. The number of aliphatic hydroxyl groups is 1. The van der Waals surface area contributed by atoms with Gasteiger partial charge in [0.05, 0.1) is 5.56 Å². The molecule has 3 nitrogen and oxygen atoms in total. The van der Waals surface area contributed by atoms with E-state index < -0.39 is 5.97 Å². The molecule has 82 valence electrons. The molecule has 0 bridgehead atoms. The summed E-state index contributed by atoms with van der Waals surface area (Å²) in [7, 11) is 0. The molecule has 0 heterocycles. The van der Waals surface area contributed by atoms with E-state index in [1.807, 2.05) is 19.9 Å². The molecule has 0 aliphatic carbocycles. The first-order valence-corrected chi connectivity index (χ1v) is 5.00. The van der Waals surface area contributed by atoms with Crippen LogP contribution in [-0.2, 0) is 6.42 Å². The summed E-state index contributed by atoms with van der Waals surface area (Å²) in [5.41, 5.74) is 3.14. The number of hydrogen-bond donors (Lipinski definition) is 2. The van der Waals surface area contributed by atoms with Crippen molar-refractivity contribution in [3.05, 3.63) is 34.4 Å². The molecule has 2 N–H and O–H groups in total. The van der Waals surface area contributed by atoms with Crippen LogP contribution in [0.2, 0.25) is 0 Å². The maximum atomic E-state index is 11.0. The lowest BCUT2D eigenvalue weighted by molar-refractivity contribution is 0.0696. The Balaban J connectivity index is 3.06. The Labute approximate surface area is 89.4 Å². The highest BCUT2D eigenvalue weighted by molar-refractivity contribution is 5.90. The Morgan fingerprint density at radius 1 is 1.33 bits per heavy atom. The van der Waals surface area contributed by atoms with Crippen LogP contribution in [0, 0.1) is 13.8 Å². The quantitative estimate of drug-likeness (QED) is 0.794. The largest absolute Gasteiger partial charge is 0.478 e. The second-order valence-electron chi connectivity index (χ2n) is 3.72. The van der Waals surface area contributed by atoms with Crippen molar-refractivity contribution in [2.45, 2.75) is 26.7 Å². The third-order valence-electron chi connectivity index (χ3n) is 2.58. The molecule has 0 radical (unpaired) electrons. The van der Waals surface area contributed by atoms with E-state index in [1.54, 1.807) is 6.07 Å². The van der Waals surface area contributed by atoms with Crippen LogP contribution in [0.3, 0.4) is 0 Å². The number of hydrogen-bond acceptors (Lipinski definition) is 2. The van der Waals surface area contributed by atoms with Gasteiger partial charge in [0.15, 0.2) is 0 Å². The monoisotopic (exact) mass is 208 g/mol. The zero-order chi connectivity index (χ0) is 11.4. The Morgan fingerprint density at radius 2 is 2.00 bits per heavy atom. The molecule has 0 saturated heterocycles. The number of aromatic carboxylic acids is 1. The molecular weight excluding hydrogens is 192 g/mol. The van der Waals surface area contributed by atoms with Crippen LogP contribution in [0.1, 0.15) is 33.5 Å². The average Bonchev–Trinajstić information content (AvgIpc) is 2.19. The third-order valence-corrected chi connectivity index (χ3v) is 2.58. The molecule has 0 aliphatic heterocycles. The van der Waals surface area contributed by atoms with Gasteiger partial charge < -0.3 is 10.2 Å². The fourth-order valence-electron chi connectivity index (χ4n) is 1.58. The first-order chi connectivity index (χ1) is 7.06. The highest BCUT2D eigenvalue weighted by Crippen LogP contribution is 2.17. The fourth-order valence-corrected chi connectivity index (χ4v) is 1.58. The highest BCUT2D eigenvalue weighted by Gasteiger charge is 2.10. The summed E-state index contributed by atoms with van der Waals surface area (Å²) in [6.45, 7) is 3.86. The second-order valence-corrected chi connectivity index (χ2v) is 3.72. The highest BCUT2D eigenvalue weighted by atomic mass is 16.4. The molecule has 0 atom stereocenters. The topological polar surface area (TPSA) is 57.5 Å². The van der Waals surface area contributed by atoms with Gasteiger partial charge >= 0.3 is 5.97 Å². The minimum atomic E-state index is -0.888. The number of carboxylic acids is 1. The number of aryl methyl sites for hydroxylation is 2. The Morgan fingerprint density at radius 3 is 2.53 bits per heavy atom. The molecule has 15 heavy (non-hydrogen) atoms. The minimum absolute atomic E-state index is 0.134. The van der Waals surface area contributed by atoms with Crippen LogP contribution >= 0.6 is 0 Å². The van der Waals surface area contributed by atoms with E-state index in [4.69, 9.17) is 10.2 Å². The lowest BCUT2D eigenvalue weighted by Crippen LogP contribution is -2.03. The van der Waals surface area contributed by atoms with Crippen LogP contribution in [0.25, 0.3) is 0 Å². The van der Waals surface area contributed by atoms with E-state index in [1.165, 1.54) is 0 Å². The molecule has 0 saturated carbocycles. The number of aliphatic hydroxyl groups excluding tert-OH is 1.